The molecule has 5 rings (SSSR count). The summed E-state index contributed by atoms with van der Waals surface area (Å²) in [5.74, 6) is -6.53. The van der Waals surface area contributed by atoms with Gasteiger partial charge in [0, 0.05) is 47.2 Å². The number of anilines is 1. The fraction of sp³-hybridized carbons (Fsp3) is 0.711. The number of pyridine rings is 1. The minimum Gasteiger partial charge on any atom is -0.457 e. The number of alkyl halides is 1. The van der Waals surface area contributed by atoms with Gasteiger partial charge < -0.3 is 48.7 Å². The molecule has 0 saturated carbocycles. The number of amides is 1. The lowest BCUT2D eigenvalue weighted by Gasteiger charge is -2.48. The van der Waals surface area contributed by atoms with Crippen LogP contribution in [0.4, 0.5) is 10.2 Å². The number of aromatic nitrogens is 2. The molecule has 2 bridgehead atoms. The number of aliphatic hydroxyl groups is 2. The smallest absolute Gasteiger partial charge is 0.428 e. The van der Waals surface area contributed by atoms with Crippen LogP contribution < -0.4 is 5.09 Å². The summed E-state index contributed by atoms with van der Waals surface area (Å²) in [7, 11) is -0.923. The molecule has 1 amide bonds. The van der Waals surface area contributed by atoms with Gasteiger partial charge in [-0.05, 0) is 97.9 Å². The van der Waals surface area contributed by atoms with Crippen LogP contribution in [0.2, 0.25) is 0 Å². The van der Waals surface area contributed by atoms with E-state index >= 15 is 4.39 Å². The molecule has 0 spiro atoms. The van der Waals surface area contributed by atoms with Crippen molar-refractivity contribution in [1.82, 2.24) is 14.9 Å². The van der Waals surface area contributed by atoms with Crippen LogP contribution in [0, 0.1) is 23.7 Å². The third kappa shape index (κ3) is 13.0. The van der Waals surface area contributed by atoms with Crippen LogP contribution in [-0.4, -0.2) is 138 Å². The number of ether oxygens (including phenoxy) is 4. The second-order valence-corrected chi connectivity index (χ2v) is 21.1. The molecule has 0 unspecified atom stereocenters. The number of nitrogens with one attached hydrogen (secondary N) is 1. The van der Waals surface area contributed by atoms with Crippen molar-refractivity contribution >= 4 is 54.0 Å². The fourth-order valence-electron chi connectivity index (χ4n) is 9.61. The third-order valence-electron chi connectivity index (χ3n) is 13.3. The quantitative estimate of drug-likeness (QED) is 0.0790. The van der Waals surface area contributed by atoms with Gasteiger partial charge >= 0.3 is 13.7 Å². The molecule has 374 valence electrons. The highest BCUT2D eigenvalue weighted by Gasteiger charge is 2.56. The minimum atomic E-state index is -4.54. The first-order valence-electron chi connectivity index (χ1n) is 22.7. The molecular weight excluding hydrogens is 915 g/mol. The maximum atomic E-state index is 17.0. The second-order valence-electron chi connectivity index (χ2n) is 18.9. The minimum absolute atomic E-state index is 0.0187. The number of hydrogen-bond donors (Lipinski definition) is 5. The molecule has 67 heavy (non-hydrogen) atoms. The molecule has 0 aromatic carbocycles. The van der Waals surface area contributed by atoms with Gasteiger partial charge in [0.2, 0.25) is 5.91 Å². The molecule has 3 aliphatic rings. The number of carbonyl (C=O) groups is 3. The second kappa shape index (κ2) is 22.0. The number of cyclic esters (lactones) is 1. The van der Waals surface area contributed by atoms with Crippen molar-refractivity contribution in [3.63, 3.8) is 0 Å². The van der Waals surface area contributed by atoms with Crippen LogP contribution in [0.25, 0.3) is 10.6 Å². The van der Waals surface area contributed by atoms with Crippen molar-refractivity contribution in [2.75, 3.05) is 25.8 Å². The monoisotopic (exact) mass is 982 g/mol. The van der Waals surface area contributed by atoms with Gasteiger partial charge in [-0.2, -0.15) is 0 Å². The highest BCUT2D eigenvalue weighted by Crippen LogP contribution is 2.43. The predicted octanol–water partition coefficient (Wildman–Crippen LogP) is 5.64. The SMILES string of the molecule is CCC(=O)/N=C1\[C@H](C)C[C@@]2(C)OC/C(=N/OCc3ccc(-c4nc(NP(=O)(O)O)cs4)cn3)CC[C@H]([C@H]1C)[C@](C)(O)[C@@H](CC)OC(=O)[C@@](C)(F)C(=O)[C@H](C)[C@H]2O[C@@H]1O[C@H](C)C[C@H](N(C)C)[C@H]1O. The van der Waals surface area contributed by atoms with E-state index in [4.69, 9.17) is 23.8 Å². The van der Waals surface area contributed by atoms with E-state index in [0.717, 1.165) is 6.92 Å². The number of Topliss-reactive ketones (excluding diaryl/α,β-unsaturated/α-hetero) is 1. The van der Waals surface area contributed by atoms with E-state index in [2.05, 4.69) is 20.1 Å². The Balaban J connectivity index is 1.62. The Labute approximate surface area is 395 Å². The number of oxime groups is 1. The van der Waals surface area contributed by atoms with Crippen LogP contribution >= 0.6 is 19.1 Å². The summed E-state index contributed by atoms with van der Waals surface area (Å²) >= 11 is 1.17. The van der Waals surface area contributed by atoms with Gasteiger partial charge in [0.25, 0.3) is 5.67 Å². The Morgan fingerprint density at radius 1 is 1.12 bits per heavy atom. The van der Waals surface area contributed by atoms with Gasteiger partial charge in [-0.1, -0.05) is 39.8 Å². The maximum absolute atomic E-state index is 17.0. The molecule has 2 aromatic heterocycles. The van der Waals surface area contributed by atoms with E-state index < -0.39 is 103 Å². The van der Waals surface area contributed by atoms with E-state index in [1.165, 1.54) is 36.8 Å². The van der Waals surface area contributed by atoms with E-state index in [0.29, 0.717) is 34.1 Å². The van der Waals surface area contributed by atoms with Crippen LogP contribution in [0.3, 0.4) is 0 Å². The largest absolute Gasteiger partial charge is 0.457 e. The molecule has 13 atom stereocenters. The standard InChI is InChI=1S/C45H68FN6O13PS/c1-12-33-45(9,57)31-17-16-30(50-62-22-29-15-14-28(20-47-29)40-48-34(23-67-40)51-66(58,59)60)21-61-43(7,19-24(3)36(26(31)5)49-35(53)13-2)39(27(6)38(55)44(8,46)42(56)64-33)65-41-37(54)32(52(10)11)18-25(4)63-41/h14-15,20,23-27,31-33,37,39,41,54,57H,12-13,16-19,21-22H2,1-11H3,(H3,51,58,59,60)/b49-36+,50-30+/t24-,25-,26-,27+,31-,32+,33-,37-,39-,41+,43-,44+,45+/m1/s1. The van der Waals surface area contributed by atoms with Crippen molar-refractivity contribution < 1.29 is 67.1 Å². The van der Waals surface area contributed by atoms with Crippen LogP contribution in [0.1, 0.15) is 107 Å². The van der Waals surface area contributed by atoms with E-state index in [-0.39, 0.29) is 51.1 Å². The zero-order valence-corrected chi connectivity index (χ0v) is 41.9. The summed E-state index contributed by atoms with van der Waals surface area (Å²) in [6.07, 6.45) is -3.22. The molecule has 0 aliphatic carbocycles. The van der Waals surface area contributed by atoms with E-state index in [1.54, 1.807) is 32.9 Å². The first kappa shape index (κ1) is 54.3. The fourth-order valence-corrected chi connectivity index (χ4v) is 10.8. The van der Waals surface area contributed by atoms with Crippen LogP contribution in [0.15, 0.2) is 33.9 Å². The number of halogens is 1. The first-order valence-corrected chi connectivity index (χ1v) is 25.2. The Morgan fingerprint density at radius 3 is 2.43 bits per heavy atom. The third-order valence-corrected chi connectivity index (χ3v) is 14.7. The molecule has 19 nitrogen and oxygen atoms in total. The average molecular weight is 983 g/mol. The van der Waals surface area contributed by atoms with Gasteiger partial charge in [0.05, 0.1) is 35.8 Å². The summed E-state index contributed by atoms with van der Waals surface area (Å²) in [5.41, 5.74) is -4.80. The Kier molecular flexibility index (Phi) is 17.8. The lowest BCUT2D eigenvalue weighted by Crippen LogP contribution is -2.61. The number of carbonyl (C=O) groups excluding carboxylic acids is 3. The number of rotatable bonds is 11. The van der Waals surface area contributed by atoms with Crippen molar-refractivity contribution in [2.45, 2.75) is 161 Å². The highest BCUT2D eigenvalue weighted by molar-refractivity contribution is 7.53. The summed E-state index contributed by atoms with van der Waals surface area (Å²) < 4.78 is 54.0. The molecule has 3 saturated heterocycles. The van der Waals surface area contributed by atoms with Gasteiger partial charge in [-0.15, -0.1) is 11.3 Å². The summed E-state index contributed by atoms with van der Waals surface area (Å²) in [6, 6.07) is 2.99. The summed E-state index contributed by atoms with van der Waals surface area (Å²) in [5, 5.41) is 32.8. The molecule has 5 heterocycles. The predicted molar refractivity (Wildman–Crippen MR) is 248 cm³/mol. The summed E-state index contributed by atoms with van der Waals surface area (Å²) in [6.45, 7) is 14.0. The van der Waals surface area contributed by atoms with Crippen LogP contribution in [-0.2, 0) is 49.3 Å². The van der Waals surface area contributed by atoms with E-state index in [9.17, 15) is 38.9 Å². The number of ketones is 1. The lowest BCUT2D eigenvalue weighted by molar-refractivity contribution is -0.296. The number of fused-ring (bicyclic) bond motifs is 5. The van der Waals surface area contributed by atoms with Gasteiger partial charge in [0.1, 0.15) is 28.6 Å². The molecule has 3 aliphatic heterocycles. The van der Waals surface area contributed by atoms with Gasteiger partial charge in [-0.25, -0.2) is 23.7 Å². The Morgan fingerprint density at radius 2 is 1.82 bits per heavy atom. The lowest BCUT2D eigenvalue weighted by atomic mass is 9.68. The summed E-state index contributed by atoms with van der Waals surface area (Å²) in [4.78, 5) is 81.3. The van der Waals surface area contributed by atoms with Gasteiger partial charge in [-0.3, -0.25) is 19.7 Å². The van der Waals surface area contributed by atoms with Crippen molar-refractivity contribution in [3.8, 4) is 10.6 Å². The Bertz CT molecular complexity index is 2170. The molecule has 22 heteroatoms. The molecule has 2 aromatic rings. The number of nitrogens with zero attached hydrogens (tertiary/aromatic N) is 5. The van der Waals surface area contributed by atoms with Crippen LogP contribution in [0.5, 0.6) is 0 Å². The van der Waals surface area contributed by atoms with Gasteiger partial charge in [0.15, 0.2) is 18.7 Å². The molecular formula is C45H68FN6O13PS. The highest BCUT2D eigenvalue weighted by atomic mass is 32.1. The molecule has 5 N–H and O–H groups in total. The number of thiazole rings is 1. The number of esters is 1. The van der Waals surface area contributed by atoms with E-state index in [1.807, 2.05) is 44.9 Å². The Hall–Kier alpha value is -3.63. The number of likely N-dealkylation sites (N-methyl/N-ethyl adjacent to an activating group) is 1. The molecule has 0 radical (unpaired) electrons. The maximum Gasteiger partial charge on any atom is 0.428 e. The topological polar surface area (TPSA) is 261 Å². The average Bonchev–Trinajstić information content (AvgIpc) is 3.71. The number of aliphatic hydroxyl groups excluding tert-OH is 1. The van der Waals surface area contributed by atoms with Crippen molar-refractivity contribution in [3.05, 3.63) is 29.4 Å². The zero-order valence-electron chi connectivity index (χ0n) is 40.2. The van der Waals surface area contributed by atoms with Crippen molar-refractivity contribution in [2.24, 2.45) is 33.8 Å². The molecule has 3 fully saturated rings. The zero-order chi connectivity index (χ0) is 49.8. The number of hydrogen-bond acceptors (Lipinski definition) is 16. The normalized spacial score (nSPS) is 36.3. The number of aliphatic imine (C=N–C) groups is 1. The van der Waals surface area contributed by atoms with Crippen molar-refractivity contribution in [1.29, 1.82) is 0 Å². The first-order chi connectivity index (χ1) is 31.2.